The summed E-state index contributed by atoms with van der Waals surface area (Å²) in [4.78, 5) is 0. The van der Waals surface area contributed by atoms with Crippen LogP contribution in [0.5, 0.6) is 0 Å². The monoisotopic (exact) mass is 319 g/mol. The highest BCUT2D eigenvalue weighted by molar-refractivity contribution is 8.13. The SMILES string of the molecule is CC(C)Cn1c(C2CCCCCC2)nnc1S(=O)(=O)Cl. The van der Waals surface area contributed by atoms with Crippen LogP contribution < -0.4 is 0 Å². The van der Waals surface area contributed by atoms with E-state index in [0.717, 1.165) is 18.7 Å². The minimum Gasteiger partial charge on any atom is -0.300 e. The third kappa shape index (κ3) is 3.73. The largest absolute Gasteiger partial charge is 0.300 e. The molecule has 0 N–H and O–H groups in total. The first-order valence-corrected chi connectivity index (χ1v) is 9.58. The molecule has 0 spiro atoms. The van der Waals surface area contributed by atoms with Crippen molar-refractivity contribution in [1.29, 1.82) is 0 Å². The van der Waals surface area contributed by atoms with Crippen molar-refractivity contribution >= 4 is 19.7 Å². The average Bonchev–Trinajstić information content (AvgIpc) is 2.59. The van der Waals surface area contributed by atoms with Crippen LogP contribution in [-0.2, 0) is 15.6 Å². The van der Waals surface area contributed by atoms with Crippen LogP contribution in [0, 0.1) is 5.92 Å². The van der Waals surface area contributed by atoms with Gasteiger partial charge in [-0.1, -0.05) is 39.5 Å². The fourth-order valence-corrected chi connectivity index (χ4v) is 3.77. The van der Waals surface area contributed by atoms with Crippen LogP contribution in [0.2, 0.25) is 0 Å². The summed E-state index contributed by atoms with van der Waals surface area (Å²) in [6, 6.07) is 0. The fourth-order valence-electron chi connectivity index (χ4n) is 2.86. The Bertz CT molecular complexity index is 546. The highest BCUT2D eigenvalue weighted by atomic mass is 35.7. The van der Waals surface area contributed by atoms with Gasteiger partial charge in [0.1, 0.15) is 5.82 Å². The van der Waals surface area contributed by atoms with Gasteiger partial charge in [-0.25, -0.2) is 8.42 Å². The zero-order chi connectivity index (χ0) is 14.8. The third-order valence-corrected chi connectivity index (χ3v) is 4.88. The fraction of sp³-hybridized carbons (Fsp3) is 0.846. The van der Waals surface area contributed by atoms with Gasteiger partial charge in [0.05, 0.1) is 0 Å². The first-order chi connectivity index (χ1) is 9.39. The van der Waals surface area contributed by atoms with Gasteiger partial charge in [0.2, 0.25) is 0 Å². The topological polar surface area (TPSA) is 64.8 Å². The van der Waals surface area contributed by atoms with Gasteiger partial charge in [0.25, 0.3) is 14.2 Å². The first-order valence-electron chi connectivity index (χ1n) is 7.27. The summed E-state index contributed by atoms with van der Waals surface area (Å²) >= 11 is 0. The summed E-state index contributed by atoms with van der Waals surface area (Å²) in [5, 5.41) is 7.89. The van der Waals surface area contributed by atoms with Crippen molar-refractivity contribution in [2.75, 3.05) is 0 Å². The summed E-state index contributed by atoms with van der Waals surface area (Å²) in [7, 11) is 1.64. The zero-order valence-electron chi connectivity index (χ0n) is 12.0. The molecule has 0 amide bonds. The van der Waals surface area contributed by atoms with E-state index in [2.05, 4.69) is 10.2 Å². The van der Waals surface area contributed by atoms with Gasteiger partial charge in [0.15, 0.2) is 0 Å². The third-order valence-electron chi connectivity index (χ3n) is 3.73. The predicted molar refractivity (Wildman–Crippen MR) is 78.3 cm³/mol. The van der Waals surface area contributed by atoms with E-state index in [1.807, 2.05) is 13.8 Å². The number of hydrogen-bond acceptors (Lipinski definition) is 4. The van der Waals surface area contributed by atoms with Gasteiger partial charge in [-0.15, -0.1) is 10.2 Å². The number of hydrogen-bond donors (Lipinski definition) is 0. The van der Waals surface area contributed by atoms with Crippen molar-refractivity contribution in [2.24, 2.45) is 5.92 Å². The maximum atomic E-state index is 11.6. The maximum Gasteiger partial charge on any atom is 0.296 e. The van der Waals surface area contributed by atoms with E-state index < -0.39 is 9.05 Å². The van der Waals surface area contributed by atoms with Crippen LogP contribution in [0.15, 0.2) is 5.16 Å². The van der Waals surface area contributed by atoms with Crippen molar-refractivity contribution in [3.8, 4) is 0 Å². The minimum atomic E-state index is -3.84. The van der Waals surface area contributed by atoms with Gasteiger partial charge in [-0.3, -0.25) is 0 Å². The molecule has 0 saturated heterocycles. The van der Waals surface area contributed by atoms with Gasteiger partial charge in [0, 0.05) is 23.1 Å². The minimum absolute atomic E-state index is 0.105. The highest BCUT2D eigenvalue weighted by Gasteiger charge is 2.27. The lowest BCUT2D eigenvalue weighted by molar-refractivity contribution is 0.443. The summed E-state index contributed by atoms with van der Waals surface area (Å²) in [6.45, 7) is 4.67. The summed E-state index contributed by atoms with van der Waals surface area (Å²) < 4.78 is 25.0. The average molecular weight is 320 g/mol. The molecular weight excluding hydrogens is 298 g/mol. The Hall–Kier alpha value is -0.620. The Morgan fingerprint density at radius 1 is 1.20 bits per heavy atom. The molecule has 2 rings (SSSR count). The van der Waals surface area contributed by atoms with Crippen LogP contribution in [0.1, 0.15) is 64.1 Å². The second kappa shape index (κ2) is 6.43. The quantitative estimate of drug-likeness (QED) is 0.631. The van der Waals surface area contributed by atoms with Crippen LogP contribution in [0.3, 0.4) is 0 Å². The molecule has 7 heteroatoms. The van der Waals surface area contributed by atoms with Crippen molar-refractivity contribution in [3.05, 3.63) is 5.82 Å². The molecular formula is C13H22ClN3O2S. The van der Waals surface area contributed by atoms with E-state index in [1.165, 1.54) is 25.7 Å². The number of halogens is 1. The molecule has 5 nitrogen and oxygen atoms in total. The summed E-state index contributed by atoms with van der Waals surface area (Å²) in [6.07, 6.45) is 6.94. The molecule has 0 atom stereocenters. The van der Waals surface area contributed by atoms with Crippen LogP contribution >= 0.6 is 10.7 Å². The molecule has 1 heterocycles. The molecule has 20 heavy (non-hydrogen) atoms. The first kappa shape index (κ1) is 15.8. The van der Waals surface area contributed by atoms with E-state index in [-0.39, 0.29) is 5.16 Å². The van der Waals surface area contributed by atoms with Crippen LogP contribution in [0.25, 0.3) is 0 Å². The number of nitrogens with zero attached hydrogens (tertiary/aromatic N) is 3. The second-order valence-corrected chi connectivity index (χ2v) is 8.43. The van der Waals surface area contributed by atoms with Gasteiger partial charge in [-0.05, 0) is 18.8 Å². The molecule has 0 bridgehead atoms. The zero-order valence-corrected chi connectivity index (χ0v) is 13.6. The van der Waals surface area contributed by atoms with E-state index in [9.17, 15) is 8.42 Å². The molecule has 1 aromatic rings. The molecule has 1 fully saturated rings. The van der Waals surface area contributed by atoms with E-state index in [4.69, 9.17) is 10.7 Å². The van der Waals surface area contributed by atoms with E-state index >= 15 is 0 Å². The summed E-state index contributed by atoms with van der Waals surface area (Å²) in [5.41, 5.74) is 0. The Labute approximate surface area is 125 Å². The molecule has 114 valence electrons. The molecule has 1 saturated carbocycles. The van der Waals surface area contributed by atoms with Crippen molar-refractivity contribution in [2.45, 2.75) is 70.0 Å². The van der Waals surface area contributed by atoms with Crippen LogP contribution in [0.4, 0.5) is 0 Å². The van der Waals surface area contributed by atoms with Gasteiger partial charge < -0.3 is 4.57 Å². The lowest BCUT2D eigenvalue weighted by Crippen LogP contribution is -2.16. The van der Waals surface area contributed by atoms with E-state index in [0.29, 0.717) is 18.4 Å². The standard InChI is InChI=1S/C13H22ClN3O2S/c1-10(2)9-17-12(11-7-5-3-4-6-8-11)15-16-13(17)20(14,18)19/h10-11H,3-9H2,1-2H3. The molecule has 0 radical (unpaired) electrons. The number of rotatable bonds is 4. The Balaban J connectivity index is 2.39. The highest BCUT2D eigenvalue weighted by Crippen LogP contribution is 2.32. The van der Waals surface area contributed by atoms with Crippen LogP contribution in [-0.4, -0.2) is 23.2 Å². The lowest BCUT2D eigenvalue weighted by Gasteiger charge is -2.17. The molecule has 0 unspecified atom stereocenters. The molecule has 1 aliphatic rings. The van der Waals surface area contributed by atoms with Crippen molar-refractivity contribution < 1.29 is 8.42 Å². The second-order valence-electron chi connectivity index (χ2n) is 5.97. The lowest BCUT2D eigenvalue weighted by atomic mass is 9.99. The Morgan fingerprint density at radius 3 is 2.30 bits per heavy atom. The van der Waals surface area contributed by atoms with Gasteiger partial charge >= 0.3 is 0 Å². The number of aromatic nitrogens is 3. The van der Waals surface area contributed by atoms with Crippen molar-refractivity contribution in [3.63, 3.8) is 0 Å². The smallest absolute Gasteiger partial charge is 0.296 e. The molecule has 1 aromatic heterocycles. The maximum absolute atomic E-state index is 11.6. The van der Waals surface area contributed by atoms with Crippen molar-refractivity contribution in [1.82, 2.24) is 14.8 Å². The Morgan fingerprint density at radius 2 is 1.80 bits per heavy atom. The molecule has 0 aromatic carbocycles. The normalized spacial score (nSPS) is 18.4. The van der Waals surface area contributed by atoms with E-state index in [1.54, 1.807) is 4.57 Å². The summed E-state index contributed by atoms with van der Waals surface area (Å²) in [5.74, 6) is 1.41. The van der Waals surface area contributed by atoms with Gasteiger partial charge in [-0.2, -0.15) is 0 Å². The predicted octanol–water partition coefficient (Wildman–Crippen LogP) is 3.30. The molecule has 1 aliphatic carbocycles. The Kier molecular flexibility index (Phi) is 5.07. The molecule has 0 aliphatic heterocycles.